The lowest BCUT2D eigenvalue weighted by atomic mass is 10.1. The molecule has 2 saturated heterocycles. The van der Waals surface area contributed by atoms with Crippen molar-refractivity contribution >= 4 is 0 Å². The van der Waals surface area contributed by atoms with Gasteiger partial charge in [0.05, 0.1) is 12.6 Å². The van der Waals surface area contributed by atoms with E-state index in [1.807, 2.05) is 48.0 Å². The molecule has 42 heavy (non-hydrogen) atoms. The molecule has 0 spiro atoms. The fourth-order valence-electron chi connectivity index (χ4n) is 5.51. The van der Waals surface area contributed by atoms with Crippen molar-refractivity contribution in [2.24, 2.45) is 0 Å². The van der Waals surface area contributed by atoms with Gasteiger partial charge in [-0.15, -0.1) is 0 Å². The van der Waals surface area contributed by atoms with Gasteiger partial charge in [-0.3, -0.25) is 4.90 Å². The molecule has 0 amide bonds. The van der Waals surface area contributed by atoms with Crippen LogP contribution in [0.25, 0.3) is 11.3 Å². The van der Waals surface area contributed by atoms with Crippen LogP contribution in [0.3, 0.4) is 0 Å². The number of aromatic nitrogens is 3. The minimum atomic E-state index is -0.184. The average Bonchev–Trinajstić information content (AvgIpc) is 3.69. The standard InChI is InChI=1S/C34H38N4O4/c1-25(41-33-4-2-3-21-40-33)34-35-17-20-38(34)24-30-22-32(42-36-30)29-13-11-27(12-14-29)6-5-26-7-9-28(10-8-26)23-37-18-15-31(39)16-19-37/h7-14,17,20,22,25,31,33,39H,2-4,15-16,18-19,21,23-24H2,1H3. The SMILES string of the molecule is CC(OC1CCCCO1)c1nccn1Cc1cc(-c2ccc(C#Cc3ccc(CN4CCC(O)CC4)cc3)cc2)on1. The molecule has 2 aliphatic heterocycles. The van der Waals surface area contributed by atoms with Crippen LogP contribution in [0.2, 0.25) is 0 Å². The third-order valence-corrected chi connectivity index (χ3v) is 7.93. The lowest BCUT2D eigenvalue weighted by molar-refractivity contribution is -0.188. The molecule has 2 aromatic carbocycles. The van der Waals surface area contributed by atoms with Gasteiger partial charge in [0.2, 0.25) is 0 Å². The molecule has 0 aliphatic carbocycles. The number of rotatable bonds is 8. The van der Waals surface area contributed by atoms with Crippen molar-refractivity contribution in [1.29, 1.82) is 0 Å². The van der Waals surface area contributed by atoms with E-state index in [4.69, 9.17) is 14.0 Å². The molecule has 218 valence electrons. The Morgan fingerprint density at radius 3 is 2.43 bits per heavy atom. The summed E-state index contributed by atoms with van der Waals surface area (Å²) in [4.78, 5) is 6.92. The second-order valence-electron chi connectivity index (χ2n) is 11.2. The number of piperidine rings is 1. The van der Waals surface area contributed by atoms with Crippen LogP contribution in [0.5, 0.6) is 0 Å². The predicted molar refractivity (Wildman–Crippen MR) is 159 cm³/mol. The number of aliphatic hydroxyl groups excluding tert-OH is 1. The quantitative estimate of drug-likeness (QED) is 0.280. The van der Waals surface area contributed by atoms with E-state index in [9.17, 15) is 5.11 Å². The molecule has 4 aromatic rings. The van der Waals surface area contributed by atoms with Crippen LogP contribution in [0.4, 0.5) is 0 Å². The second kappa shape index (κ2) is 13.5. The van der Waals surface area contributed by atoms with Crippen LogP contribution in [0, 0.1) is 11.8 Å². The highest BCUT2D eigenvalue weighted by molar-refractivity contribution is 5.59. The molecular formula is C34H38N4O4. The number of hydrogen-bond donors (Lipinski definition) is 1. The van der Waals surface area contributed by atoms with E-state index in [1.54, 1.807) is 6.20 Å². The summed E-state index contributed by atoms with van der Waals surface area (Å²) in [6.45, 7) is 6.12. The van der Waals surface area contributed by atoms with Crippen molar-refractivity contribution in [2.75, 3.05) is 19.7 Å². The summed E-state index contributed by atoms with van der Waals surface area (Å²) in [5.41, 5.74) is 4.96. The van der Waals surface area contributed by atoms with Crippen molar-refractivity contribution in [3.8, 4) is 23.2 Å². The summed E-state index contributed by atoms with van der Waals surface area (Å²) in [6.07, 6.45) is 8.09. The number of likely N-dealkylation sites (tertiary alicyclic amines) is 1. The number of hydrogen-bond acceptors (Lipinski definition) is 7. The number of aliphatic hydroxyl groups is 1. The van der Waals surface area contributed by atoms with Gasteiger partial charge >= 0.3 is 0 Å². The second-order valence-corrected chi connectivity index (χ2v) is 11.2. The minimum Gasteiger partial charge on any atom is -0.393 e. The summed E-state index contributed by atoms with van der Waals surface area (Å²) < 4.78 is 19.6. The van der Waals surface area contributed by atoms with E-state index in [-0.39, 0.29) is 18.5 Å². The molecule has 2 atom stereocenters. The third-order valence-electron chi connectivity index (χ3n) is 7.93. The van der Waals surface area contributed by atoms with E-state index in [0.29, 0.717) is 12.3 Å². The van der Waals surface area contributed by atoms with Gasteiger partial charge in [-0.05, 0) is 81.0 Å². The Morgan fingerprint density at radius 1 is 0.976 bits per heavy atom. The summed E-state index contributed by atoms with van der Waals surface area (Å²) >= 11 is 0. The van der Waals surface area contributed by atoms with Gasteiger partial charge in [0.1, 0.15) is 17.6 Å². The highest BCUT2D eigenvalue weighted by Gasteiger charge is 2.21. The van der Waals surface area contributed by atoms with Crippen molar-refractivity contribution in [2.45, 2.75) is 70.6 Å². The molecule has 1 N–H and O–H groups in total. The molecule has 0 saturated carbocycles. The number of nitrogens with zero attached hydrogens (tertiary/aromatic N) is 4. The molecule has 2 aliphatic rings. The zero-order valence-electron chi connectivity index (χ0n) is 24.1. The summed E-state index contributed by atoms with van der Waals surface area (Å²) in [7, 11) is 0. The first kappa shape index (κ1) is 28.4. The van der Waals surface area contributed by atoms with E-state index in [1.165, 1.54) is 5.56 Å². The lowest BCUT2D eigenvalue weighted by Gasteiger charge is -2.29. The topological polar surface area (TPSA) is 85.8 Å². The van der Waals surface area contributed by atoms with Crippen LogP contribution in [0.1, 0.15) is 73.3 Å². The summed E-state index contributed by atoms with van der Waals surface area (Å²) in [5, 5.41) is 14.0. The van der Waals surface area contributed by atoms with Gasteiger partial charge in [-0.1, -0.05) is 29.1 Å². The van der Waals surface area contributed by atoms with E-state index < -0.39 is 0 Å². The molecule has 4 heterocycles. The largest absolute Gasteiger partial charge is 0.393 e. The molecule has 6 rings (SSSR count). The van der Waals surface area contributed by atoms with E-state index >= 15 is 0 Å². The van der Waals surface area contributed by atoms with Crippen molar-refractivity contribution in [3.63, 3.8) is 0 Å². The molecule has 0 radical (unpaired) electrons. The number of ether oxygens (including phenoxy) is 2. The van der Waals surface area contributed by atoms with Gasteiger partial charge < -0.3 is 23.7 Å². The fourth-order valence-corrected chi connectivity index (χ4v) is 5.51. The van der Waals surface area contributed by atoms with Crippen LogP contribution in [0.15, 0.2) is 71.5 Å². The Labute approximate surface area is 247 Å². The monoisotopic (exact) mass is 566 g/mol. The van der Waals surface area contributed by atoms with E-state index in [0.717, 1.165) is 86.6 Å². The normalized spacial score (nSPS) is 18.9. The summed E-state index contributed by atoms with van der Waals surface area (Å²) in [6, 6.07) is 18.4. The van der Waals surface area contributed by atoms with Crippen molar-refractivity contribution < 1.29 is 19.1 Å². The van der Waals surface area contributed by atoms with Crippen LogP contribution >= 0.6 is 0 Å². The Balaban J connectivity index is 1.04. The Morgan fingerprint density at radius 2 is 1.71 bits per heavy atom. The molecule has 2 aromatic heterocycles. The van der Waals surface area contributed by atoms with Crippen LogP contribution in [-0.2, 0) is 22.6 Å². The molecule has 2 unspecified atom stereocenters. The lowest BCUT2D eigenvalue weighted by Crippen LogP contribution is -2.35. The first-order valence-electron chi connectivity index (χ1n) is 14.9. The first-order valence-corrected chi connectivity index (χ1v) is 14.9. The predicted octanol–water partition coefficient (Wildman–Crippen LogP) is 5.55. The van der Waals surface area contributed by atoms with Gasteiger partial charge in [0.15, 0.2) is 12.1 Å². The maximum absolute atomic E-state index is 9.70. The van der Waals surface area contributed by atoms with Crippen molar-refractivity contribution in [3.05, 3.63) is 95.2 Å². The zero-order valence-corrected chi connectivity index (χ0v) is 24.1. The Bertz CT molecular complexity index is 1480. The zero-order chi connectivity index (χ0) is 28.7. The highest BCUT2D eigenvalue weighted by atomic mass is 16.7. The highest BCUT2D eigenvalue weighted by Crippen LogP contribution is 2.25. The molecule has 0 bridgehead atoms. The molecule has 8 nitrogen and oxygen atoms in total. The smallest absolute Gasteiger partial charge is 0.167 e. The summed E-state index contributed by atoms with van der Waals surface area (Å²) in [5.74, 6) is 8.08. The average molecular weight is 567 g/mol. The minimum absolute atomic E-state index is 0.140. The first-order chi connectivity index (χ1) is 20.6. The maximum atomic E-state index is 9.70. The van der Waals surface area contributed by atoms with Crippen LogP contribution in [-0.4, -0.2) is 56.8 Å². The fraction of sp³-hybridized carbons (Fsp3) is 0.412. The van der Waals surface area contributed by atoms with E-state index in [2.05, 4.69) is 51.1 Å². The molecule has 8 heteroatoms. The van der Waals surface area contributed by atoms with Gasteiger partial charge in [-0.25, -0.2) is 4.98 Å². The van der Waals surface area contributed by atoms with Crippen molar-refractivity contribution in [1.82, 2.24) is 19.6 Å². The van der Waals surface area contributed by atoms with Gasteiger partial charge in [-0.2, -0.15) is 0 Å². The van der Waals surface area contributed by atoms with Gasteiger partial charge in [0.25, 0.3) is 0 Å². The number of benzene rings is 2. The van der Waals surface area contributed by atoms with Crippen LogP contribution < -0.4 is 0 Å². The molecule has 2 fully saturated rings. The van der Waals surface area contributed by atoms with Gasteiger partial charge in [0, 0.05) is 61.4 Å². The molecular weight excluding hydrogens is 528 g/mol. The number of imidazole rings is 1. The third kappa shape index (κ3) is 7.36. The Kier molecular flexibility index (Phi) is 9.12. The Hall–Kier alpha value is -3.74. The maximum Gasteiger partial charge on any atom is 0.167 e.